The van der Waals surface area contributed by atoms with Gasteiger partial charge >= 0.3 is 5.97 Å². The maximum atomic E-state index is 12.2. The Kier molecular flexibility index (Phi) is 5.25. The van der Waals surface area contributed by atoms with Crippen molar-refractivity contribution in [2.75, 3.05) is 11.9 Å². The Balaban J connectivity index is 1.65. The van der Waals surface area contributed by atoms with Gasteiger partial charge in [-0.15, -0.1) is 0 Å². The van der Waals surface area contributed by atoms with Crippen molar-refractivity contribution in [2.45, 2.75) is 0 Å². The quantitative estimate of drug-likeness (QED) is 0.669. The molecule has 0 aliphatic carbocycles. The molecule has 0 bridgehead atoms. The van der Waals surface area contributed by atoms with Crippen molar-refractivity contribution >= 4 is 39.9 Å². The molecule has 3 aromatic rings. The van der Waals surface area contributed by atoms with Gasteiger partial charge in [0.05, 0.1) is 10.6 Å². The zero-order valence-electron chi connectivity index (χ0n) is 13.9. The third kappa shape index (κ3) is 4.17. The lowest BCUT2D eigenvalue weighted by molar-refractivity contribution is -0.119. The monoisotopic (exact) mass is 380 g/mol. The van der Waals surface area contributed by atoms with Gasteiger partial charge in [-0.25, -0.2) is 4.79 Å². The van der Waals surface area contributed by atoms with Crippen molar-refractivity contribution in [1.29, 1.82) is 5.26 Å². The molecule has 7 heteroatoms. The Labute approximate surface area is 159 Å². The summed E-state index contributed by atoms with van der Waals surface area (Å²) < 4.78 is 4.97. The van der Waals surface area contributed by atoms with E-state index in [1.807, 2.05) is 18.2 Å². The first-order valence-corrected chi connectivity index (χ1v) is 8.24. The van der Waals surface area contributed by atoms with Gasteiger partial charge in [-0.2, -0.15) is 5.26 Å². The molecule has 0 radical (unpaired) electrons. The predicted molar refractivity (Wildman–Crippen MR) is 101 cm³/mol. The fourth-order valence-electron chi connectivity index (χ4n) is 2.48. The average molecular weight is 381 g/mol. The topological polar surface area (TPSA) is 99.4 Å². The van der Waals surface area contributed by atoms with Crippen LogP contribution in [0.2, 0.25) is 5.02 Å². The van der Waals surface area contributed by atoms with Gasteiger partial charge in [0.15, 0.2) is 6.61 Å². The molecule has 0 aliphatic rings. The first-order chi connectivity index (χ1) is 13.0. The molecule has 3 rings (SSSR count). The van der Waals surface area contributed by atoms with Gasteiger partial charge in [0, 0.05) is 5.69 Å². The lowest BCUT2D eigenvalue weighted by Gasteiger charge is -2.09. The second-order valence-electron chi connectivity index (χ2n) is 5.65. The third-order valence-electron chi connectivity index (χ3n) is 3.79. The highest BCUT2D eigenvalue weighted by atomic mass is 35.5. The van der Waals surface area contributed by atoms with Gasteiger partial charge in [0.25, 0.3) is 5.91 Å². The number of hydrogen-bond donors (Lipinski definition) is 2. The van der Waals surface area contributed by atoms with Crippen molar-refractivity contribution < 1.29 is 19.4 Å². The molecule has 0 heterocycles. The first-order valence-electron chi connectivity index (χ1n) is 7.86. The lowest BCUT2D eigenvalue weighted by atomic mass is 10.1. The molecule has 0 aromatic heterocycles. The molecule has 0 unspecified atom stereocenters. The van der Waals surface area contributed by atoms with E-state index in [1.54, 1.807) is 12.1 Å². The number of rotatable bonds is 4. The van der Waals surface area contributed by atoms with Crippen LogP contribution < -0.4 is 5.32 Å². The van der Waals surface area contributed by atoms with Gasteiger partial charge in [0.2, 0.25) is 0 Å². The van der Waals surface area contributed by atoms with Crippen molar-refractivity contribution in [3.05, 3.63) is 70.7 Å². The number of ether oxygens (including phenoxy) is 1. The third-order valence-corrected chi connectivity index (χ3v) is 4.10. The number of aromatic hydroxyl groups is 1. The van der Waals surface area contributed by atoms with Gasteiger partial charge in [0.1, 0.15) is 17.4 Å². The van der Waals surface area contributed by atoms with Crippen LogP contribution in [0.3, 0.4) is 0 Å². The number of carbonyl (C=O) groups is 2. The van der Waals surface area contributed by atoms with Crippen LogP contribution in [0.5, 0.6) is 5.75 Å². The molecule has 2 N–H and O–H groups in total. The summed E-state index contributed by atoms with van der Waals surface area (Å²) in [4.78, 5) is 24.1. The summed E-state index contributed by atoms with van der Waals surface area (Å²) in [7, 11) is 0. The highest BCUT2D eigenvalue weighted by Crippen LogP contribution is 2.25. The summed E-state index contributed by atoms with van der Waals surface area (Å²) in [6.45, 7) is -0.539. The molecule has 134 valence electrons. The SMILES string of the molecule is N#Cc1ccc(NC(=O)COC(=O)c2cc3ccccc3cc2O)cc1Cl. The average Bonchev–Trinajstić information content (AvgIpc) is 2.65. The number of carbonyl (C=O) groups excluding carboxylic acids is 2. The fourth-order valence-corrected chi connectivity index (χ4v) is 2.70. The number of nitrogens with zero attached hydrogens (tertiary/aromatic N) is 1. The number of phenolic OH excluding ortho intramolecular Hbond substituents is 1. The number of nitriles is 1. The van der Waals surface area contributed by atoms with Crippen LogP contribution in [0.1, 0.15) is 15.9 Å². The van der Waals surface area contributed by atoms with Crippen LogP contribution in [0, 0.1) is 11.3 Å². The van der Waals surface area contributed by atoms with Gasteiger partial charge in [-0.05, 0) is 41.1 Å². The zero-order valence-corrected chi connectivity index (χ0v) is 14.7. The summed E-state index contributed by atoms with van der Waals surface area (Å²) >= 11 is 5.90. The smallest absolute Gasteiger partial charge is 0.342 e. The first kappa shape index (κ1) is 18.2. The normalized spacial score (nSPS) is 10.2. The zero-order chi connectivity index (χ0) is 19.4. The number of anilines is 1. The minimum atomic E-state index is -0.814. The van der Waals surface area contributed by atoms with E-state index in [2.05, 4.69) is 5.32 Å². The molecule has 0 atom stereocenters. The van der Waals surface area contributed by atoms with Crippen LogP contribution in [-0.4, -0.2) is 23.6 Å². The summed E-state index contributed by atoms with van der Waals surface area (Å²) in [5, 5.41) is 23.1. The van der Waals surface area contributed by atoms with Crippen LogP contribution in [0.4, 0.5) is 5.69 Å². The van der Waals surface area contributed by atoms with E-state index in [9.17, 15) is 14.7 Å². The second kappa shape index (κ2) is 7.77. The maximum absolute atomic E-state index is 12.2. The van der Waals surface area contributed by atoms with Crippen LogP contribution in [0.15, 0.2) is 54.6 Å². The summed E-state index contributed by atoms with van der Waals surface area (Å²) in [6.07, 6.45) is 0. The Bertz CT molecular complexity index is 1090. The summed E-state index contributed by atoms with van der Waals surface area (Å²) in [5.41, 5.74) is 0.629. The molecule has 3 aromatic carbocycles. The highest BCUT2D eigenvalue weighted by Gasteiger charge is 2.16. The Morgan fingerprint density at radius 1 is 1.11 bits per heavy atom. The van der Waals surface area contributed by atoms with Crippen LogP contribution >= 0.6 is 11.6 Å². The molecule has 0 spiro atoms. The number of nitrogens with one attached hydrogen (secondary N) is 1. The Morgan fingerprint density at radius 2 is 1.81 bits per heavy atom. The van der Waals surface area contributed by atoms with Crippen molar-refractivity contribution in [3.63, 3.8) is 0 Å². The van der Waals surface area contributed by atoms with Gasteiger partial charge in [-0.3, -0.25) is 4.79 Å². The van der Waals surface area contributed by atoms with E-state index in [0.717, 1.165) is 10.8 Å². The molecular weight excluding hydrogens is 368 g/mol. The van der Waals surface area contributed by atoms with E-state index in [0.29, 0.717) is 5.69 Å². The van der Waals surface area contributed by atoms with E-state index >= 15 is 0 Å². The van der Waals surface area contributed by atoms with E-state index < -0.39 is 18.5 Å². The summed E-state index contributed by atoms with van der Waals surface area (Å²) in [5.74, 6) is -1.62. The molecule has 1 amide bonds. The van der Waals surface area contributed by atoms with Gasteiger partial charge in [-0.1, -0.05) is 35.9 Å². The fraction of sp³-hybridized carbons (Fsp3) is 0.0500. The Morgan fingerprint density at radius 3 is 2.48 bits per heavy atom. The number of halogens is 1. The molecule has 0 fully saturated rings. The minimum absolute atomic E-state index is 0.0251. The number of hydrogen-bond acceptors (Lipinski definition) is 5. The number of amides is 1. The largest absolute Gasteiger partial charge is 0.507 e. The van der Waals surface area contributed by atoms with E-state index in [4.69, 9.17) is 21.6 Å². The van der Waals surface area contributed by atoms with Crippen molar-refractivity contribution in [1.82, 2.24) is 0 Å². The number of esters is 1. The molecule has 0 saturated carbocycles. The van der Waals surface area contributed by atoms with Gasteiger partial charge < -0.3 is 15.2 Å². The lowest BCUT2D eigenvalue weighted by Crippen LogP contribution is -2.21. The number of benzene rings is 3. The van der Waals surface area contributed by atoms with Crippen molar-refractivity contribution in [2.24, 2.45) is 0 Å². The highest BCUT2D eigenvalue weighted by molar-refractivity contribution is 6.32. The molecule has 0 saturated heterocycles. The second-order valence-corrected chi connectivity index (χ2v) is 6.05. The number of phenols is 1. The van der Waals surface area contributed by atoms with Crippen molar-refractivity contribution in [3.8, 4) is 11.8 Å². The minimum Gasteiger partial charge on any atom is -0.507 e. The molecular formula is C20H13ClN2O4. The van der Waals surface area contributed by atoms with Crippen LogP contribution in [0.25, 0.3) is 10.8 Å². The Hall–Kier alpha value is -3.56. The van der Waals surface area contributed by atoms with E-state index in [-0.39, 0.29) is 21.9 Å². The van der Waals surface area contributed by atoms with Crippen LogP contribution in [-0.2, 0) is 9.53 Å². The predicted octanol–water partition coefficient (Wildman–Crippen LogP) is 3.87. The maximum Gasteiger partial charge on any atom is 0.342 e. The number of fused-ring (bicyclic) bond motifs is 1. The van der Waals surface area contributed by atoms with E-state index in [1.165, 1.54) is 30.3 Å². The standard InChI is InChI=1S/C20H13ClN2O4/c21-17-9-15(6-5-14(17)10-22)23-19(25)11-27-20(26)16-7-12-3-1-2-4-13(12)8-18(16)24/h1-9,24H,11H2,(H,23,25). The summed E-state index contributed by atoms with van der Waals surface area (Å²) in [6, 6.07) is 16.5. The molecule has 0 aliphatic heterocycles. The molecule has 27 heavy (non-hydrogen) atoms. The molecule has 6 nitrogen and oxygen atoms in total.